The molecule has 4 rings (SSSR count). The minimum Gasteiger partial charge on any atom is -0.469 e. The largest absolute Gasteiger partial charge is 0.469 e. The lowest BCUT2D eigenvalue weighted by molar-refractivity contribution is 0.000959. The van der Waals surface area contributed by atoms with Crippen LogP contribution in [0.15, 0.2) is 27.8 Å². The zero-order chi connectivity index (χ0) is 19.7. The standard InChI is InChI=1S/C23H37N3O3.HI/c1-2-6-19(5-1)18-29-21-10-13-26(14-11-21)23(25-17-22-8-4-16-28-22)24-12-9-20-7-3-15-27-20;/h3,7,15,19,21-22H,1-2,4-6,8-14,16-18H2,(H,24,25);1H. The molecule has 1 saturated carbocycles. The van der Waals surface area contributed by atoms with Crippen LogP contribution in [0.5, 0.6) is 0 Å². The van der Waals surface area contributed by atoms with Crippen molar-refractivity contribution in [2.45, 2.75) is 70.0 Å². The SMILES string of the molecule is I.c1coc(CCNC(=NCC2CCCO2)N2CCC(OCC3CCCC3)CC2)c1. The molecule has 0 aromatic carbocycles. The van der Waals surface area contributed by atoms with Gasteiger partial charge in [0.05, 0.1) is 25.0 Å². The summed E-state index contributed by atoms with van der Waals surface area (Å²) in [5.74, 6) is 2.83. The predicted octanol–water partition coefficient (Wildman–Crippen LogP) is 4.24. The molecular weight excluding hydrogens is 493 g/mol. The Bertz CT molecular complexity index is 605. The van der Waals surface area contributed by atoms with Gasteiger partial charge in [-0.1, -0.05) is 12.8 Å². The summed E-state index contributed by atoms with van der Waals surface area (Å²) < 4.78 is 17.5. The third kappa shape index (κ3) is 7.41. The first-order chi connectivity index (χ1) is 14.4. The number of likely N-dealkylation sites (tertiary alicyclic amines) is 1. The second-order valence-electron chi connectivity index (χ2n) is 8.73. The van der Waals surface area contributed by atoms with Crippen LogP contribution in [0.25, 0.3) is 0 Å². The molecule has 0 spiro atoms. The van der Waals surface area contributed by atoms with E-state index in [1.807, 2.05) is 12.1 Å². The summed E-state index contributed by atoms with van der Waals surface area (Å²) in [7, 11) is 0. The third-order valence-corrected chi connectivity index (χ3v) is 6.49. The Morgan fingerprint density at radius 2 is 1.97 bits per heavy atom. The van der Waals surface area contributed by atoms with Gasteiger partial charge in [0.2, 0.25) is 0 Å². The van der Waals surface area contributed by atoms with E-state index in [4.69, 9.17) is 18.9 Å². The average Bonchev–Trinajstić information content (AvgIpc) is 3.53. The van der Waals surface area contributed by atoms with Gasteiger partial charge in [-0.15, -0.1) is 24.0 Å². The van der Waals surface area contributed by atoms with Crippen molar-refractivity contribution >= 4 is 29.9 Å². The van der Waals surface area contributed by atoms with Crippen molar-refractivity contribution in [1.29, 1.82) is 0 Å². The maximum absolute atomic E-state index is 6.25. The molecule has 0 amide bonds. The lowest BCUT2D eigenvalue weighted by Crippen LogP contribution is -2.48. The van der Waals surface area contributed by atoms with Crippen LogP contribution >= 0.6 is 24.0 Å². The summed E-state index contributed by atoms with van der Waals surface area (Å²) in [6, 6.07) is 3.97. The molecule has 0 radical (unpaired) electrons. The zero-order valence-corrected chi connectivity index (χ0v) is 20.4. The number of hydrogen-bond acceptors (Lipinski definition) is 4. The minimum absolute atomic E-state index is 0. The van der Waals surface area contributed by atoms with Crippen LogP contribution in [0, 0.1) is 5.92 Å². The number of ether oxygens (including phenoxy) is 2. The smallest absolute Gasteiger partial charge is 0.194 e. The van der Waals surface area contributed by atoms with Gasteiger partial charge in [0.15, 0.2) is 5.96 Å². The van der Waals surface area contributed by atoms with Crippen LogP contribution in [0.1, 0.15) is 57.1 Å². The van der Waals surface area contributed by atoms with Crippen LogP contribution in [-0.4, -0.2) is 62.5 Å². The highest BCUT2D eigenvalue weighted by Gasteiger charge is 2.24. The van der Waals surface area contributed by atoms with E-state index in [2.05, 4.69) is 10.2 Å². The molecule has 3 fully saturated rings. The van der Waals surface area contributed by atoms with E-state index in [1.54, 1.807) is 6.26 Å². The minimum atomic E-state index is 0. The fourth-order valence-electron chi connectivity index (χ4n) is 4.68. The first-order valence-electron chi connectivity index (χ1n) is 11.7. The molecule has 7 heteroatoms. The predicted molar refractivity (Wildman–Crippen MR) is 130 cm³/mol. The summed E-state index contributed by atoms with van der Waals surface area (Å²) in [5, 5.41) is 3.56. The Morgan fingerprint density at radius 1 is 1.13 bits per heavy atom. The third-order valence-electron chi connectivity index (χ3n) is 6.49. The number of guanidine groups is 1. The molecular formula is C23H38IN3O3. The molecule has 1 aliphatic carbocycles. The van der Waals surface area contributed by atoms with Crippen LogP contribution in [0.4, 0.5) is 0 Å². The van der Waals surface area contributed by atoms with E-state index in [9.17, 15) is 0 Å². The second kappa shape index (κ2) is 12.9. The topological polar surface area (TPSA) is 59.2 Å². The summed E-state index contributed by atoms with van der Waals surface area (Å²) >= 11 is 0. The van der Waals surface area contributed by atoms with Crippen molar-refractivity contribution in [2.75, 3.05) is 39.4 Å². The number of piperidine rings is 1. The Balaban J connectivity index is 0.00000256. The lowest BCUT2D eigenvalue weighted by Gasteiger charge is -2.34. The normalized spacial score (nSPS) is 23.7. The molecule has 1 atom stereocenters. The molecule has 2 saturated heterocycles. The second-order valence-corrected chi connectivity index (χ2v) is 8.73. The van der Waals surface area contributed by atoms with Gasteiger partial charge in [0.1, 0.15) is 5.76 Å². The van der Waals surface area contributed by atoms with Crippen molar-refractivity contribution in [1.82, 2.24) is 10.2 Å². The molecule has 1 N–H and O–H groups in total. The summed E-state index contributed by atoms with van der Waals surface area (Å²) in [6.45, 7) is 5.44. The number of furan rings is 1. The van der Waals surface area contributed by atoms with Crippen molar-refractivity contribution in [3.63, 3.8) is 0 Å². The van der Waals surface area contributed by atoms with Crippen LogP contribution < -0.4 is 5.32 Å². The van der Waals surface area contributed by atoms with Gasteiger partial charge in [0, 0.05) is 39.3 Å². The van der Waals surface area contributed by atoms with Crippen molar-refractivity contribution < 1.29 is 13.9 Å². The molecule has 30 heavy (non-hydrogen) atoms. The Hall–Kier alpha value is -0.800. The van der Waals surface area contributed by atoms with Crippen molar-refractivity contribution in [2.24, 2.45) is 10.9 Å². The van der Waals surface area contributed by atoms with Gasteiger partial charge in [-0.3, -0.25) is 4.99 Å². The molecule has 1 aromatic heterocycles. The van der Waals surface area contributed by atoms with Gasteiger partial charge >= 0.3 is 0 Å². The van der Waals surface area contributed by atoms with E-state index in [0.717, 1.165) is 89.1 Å². The van der Waals surface area contributed by atoms with E-state index in [-0.39, 0.29) is 30.1 Å². The van der Waals surface area contributed by atoms with E-state index in [0.29, 0.717) is 6.10 Å². The fraction of sp³-hybridized carbons (Fsp3) is 0.783. The molecule has 1 unspecified atom stereocenters. The van der Waals surface area contributed by atoms with Crippen molar-refractivity contribution in [3.8, 4) is 0 Å². The molecule has 170 valence electrons. The van der Waals surface area contributed by atoms with Gasteiger partial charge in [-0.25, -0.2) is 0 Å². The number of nitrogens with one attached hydrogen (secondary N) is 1. The maximum atomic E-state index is 6.25. The lowest BCUT2D eigenvalue weighted by atomic mass is 10.1. The number of halogens is 1. The highest BCUT2D eigenvalue weighted by atomic mass is 127. The number of hydrogen-bond donors (Lipinski definition) is 1. The monoisotopic (exact) mass is 531 g/mol. The van der Waals surface area contributed by atoms with E-state index >= 15 is 0 Å². The molecule has 1 aromatic rings. The summed E-state index contributed by atoms with van der Waals surface area (Å²) in [6.07, 6.45) is 13.3. The number of rotatable bonds is 8. The first kappa shape index (κ1) is 23.9. The fourth-order valence-corrected chi connectivity index (χ4v) is 4.68. The van der Waals surface area contributed by atoms with Crippen molar-refractivity contribution in [3.05, 3.63) is 24.2 Å². The van der Waals surface area contributed by atoms with Gasteiger partial charge in [-0.2, -0.15) is 0 Å². The number of nitrogens with zero attached hydrogens (tertiary/aromatic N) is 2. The highest BCUT2D eigenvalue weighted by Crippen LogP contribution is 2.26. The van der Waals surface area contributed by atoms with E-state index < -0.39 is 0 Å². The Labute approximate surface area is 198 Å². The highest BCUT2D eigenvalue weighted by molar-refractivity contribution is 14.0. The van der Waals surface area contributed by atoms with Gasteiger partial charge in [-0.05, 0) is 56.6 Å². The van der Waals surface area contributed by atoms with Gasteiger partial charge in [0.25, 0.3) is 0 Å². The maximum Gasteiger partial charge on any atom is 0.194 e. The molecule has 0 bridgehead atoms. The Kier molecular flexibility index (Phi) is 10.3. The average molecular weight is 531 g/mol. The van der Waals surface area contributed by atoms with Crippen LogP contribution in [0.3, 0.4) is 0 Å². The van der Waals surface area contributed by atoms with E-state index in [1.165, 1.54) is 25.7 Å². The van der Waals surface area contributed by atoms with Crippen LogP contribution in [-0.2, 0) is 15.9 Å². The summed E-state index contributed by atoms with van der Waals surface area (Å²) in [4.78, 5) is 7.31. The number of aliphatic imine (C=N–C) groups is 1. The van der Waals surface area contributed by atoms with Gasteiger partial charge < -0.3 is 24.1 Å². The zero-order valence-electron chi connectivity index (χ0n) is 18.1. The van der Waals surface area contributed by atoms with Crippen LogP contribution in [0.2, 0.25) is 0 Å². The molecule has 2 aliphatic heterocycles. The quantitative estimate of drug-likeness (QED) is 0.309. The molecule has 3 aliphatic rings. The first-order valence-corrected chi connectivity index (χ1v) is 11.7. The molecule has 3 heterocycles. The Morgan fingerprint density at radius 3 is 2.67 bits per heavy atom. The summed E-state index contributed by atoms with van der Waals surface area (Å²) in [5.41, 5.74) is 0. The molecule has 6 nitrogen and oxygen atoms in total.